The quantitative estimate of drug-likeness (QED) is 0.506. The first kappa shape index (κ1) is 18.4. The minimum absolute atomic E-state index is 0.256. The molecule has 0 saturated heterocycles. The predicted octanol–water partition coefficient (Wildman–Crippen LogP) is 6.94. The van der Waals surface area contributed by atoms with Gasteiger partial charge < -0.3 is 4.74 Å². The average Bonchev–Trinajstić information content (AvgIpc) is 2.62. The lowest BCUT2D eigenvalue weighted by atomic mass is 9.64. The van der Waals surface area contributed by atoms with Crippen LogP contribution < -0.4 is 4.74 Å². The third-order valence-electron chi connectivity index (χ3n) is 6.09. The van der Waals surface area contributed by atoms with E-state index in [1.165, 1.54) is 56.9 Å². The standard InChI is InChI=1S/C22H30F2O/c1-2-3-4-5-16-6-7-20-15-19(9-8-18(20)14-16)17-10-12-21(13-11-17)25-22(23)24/h4-5,10-13,16,18-20,22H,2-3,6-9,14-15H2,1H3/b5-4+. The molecule has 1 aromatic rings. The number of alkyl halides is 2. The van der Waals surface area contributed by atoms with E-state index in [2.05, 4.69) is 23.8 Å². The van der Waals surface area contributed by atoms with Crippen molar-refractivity contribution in [3.05, 3.63) is 42.0 Å². The summed E-state index contributed by atoms with van der Waals surface area (Å²) in [6, 6.07) is 7.32. The zero-order valence-corrected chi connectivity index (χ0v) is 15.2. The van der Waals surface area contributed by atoms with Crippen molar-refractivity contribution in [1.82, 2.24) is 0 Å². The first-order valence-electron chi connectivity index (χ1n) is 9.87. The van der Waals surface area contributed by atoms with E-state index in [1.54, 1.807) is 12.1 Å². The number of unbranched alkanes of at least 4 members (excludes halogenated alkanes) is 1. The second kappa shape index (κ2) is 8.82. The molecule has 3 heteroatoms. The maximum Gasteiger partial charge on any atom is 0.387 e. The summed E-state index contributed by atoms with van der Waals surface area (Å²) in [4.78, 5) is 0. The number of fused-ring (bicyclic) bond motifs is 1. The van der Waals surface area contributed by atoms with Gasteiger partial charge in [0.25, 0.3) is 0 Å². The molecule has 4 unspecified atom stereocenters. The second-order valence-corrected chi connectivity index (χ2v) is 7.77. The van der Waals surface area contributed by atoms with Crippen LogP contribution in [-0.2, 0) is 0 Å². The van der Waals surface area contributed by atoms with E-state index in [0.717, 1.165) is 17.8 Å². The minimum atomic E-state index is -2.75. The number of halogens is 2. The first-order chi connectivity index (χ1) is 12.2. The highest BCUT2D eigenvalue weighted by Gasteiger charge is 2.35. The first-order valence-corrected chi connectivity index (χ1v) is 9.87. The van der Waals surface area contributed by atoms with Crippen LogP contribution in [0.15, 0.2) is 36.4 Å². The van der Waals surface area contributed by atoms with Crippen molar-refractivity contribution in [2.24, 2.45) is 17.8 Å². The van der Waals surface area contributed by atoms with Gasteiger partial charge in [0.1, 0.15) is 5.75 Å². The van der Waals surface area contributed by atoms with E-state index in [0.29, 0.717) is 5.92 Å². The van der Waals surface area contributed by atoms with Crippen molar-refractivity contribution in [3.63, 3.8) is 0 Å². The maximum absolute atomic E-state index is 12.3. The molecule has 0 N–H and O–H groups in total. The Labute approximate surface area is 150 Å². The molecule has 0 heterocycles. The fraction of sp³-hybridized carbons (Fsp3) is 0.636. The monoisotopic (exact) mass is 348 g/mol. The highest BCUT2D eigenvalue weighted by atomic mass is 19.3. The van der Waals surface area contributed by atoms with Crippen LogP contribution in [0.25, 0.3) is 0 Å². The minimum Gasteiger partial charge on any atom is -0.435 e. The van der Waals surface area contributed by atoms with E-state index in [-0.39, 0.29) is 5.75 Å². The molecule has 0 aromatic heterocycles. The lowest BCUT2D eigenvalue weighted by Gasteiger charge is -2.41. The van der Waals surface area contributed by atoms with E-state index in [1.807, 2.05) is 12.1 Å². The van der Waals surface area contributed by atoms with Crippen LogP contribution in [0.3, 0.4) is 0 Å². The molecule has 0 radical (unpaired) electrons. The van der Waals surface area contributed by atoms with Gasteiger partial charge in [0, 0.05) is 0 Å². The molecule has 0 spiro atoms. The van der Waals surface area contributed by atoms with Crippen molar-refractivity contribution < 1.29 is 13.5 Å². The zero-order valence-electron chi connectivity index (χ0n) is 15.2. The van der Waals surface area contributed by atoms with Gasteiger partial charge in [-0.1, -0.05) is 37.6 Å². The predicted molar refractivity (Wildman–Crippen MR) is 98.0 cm³/mol. The molecule has 1 nitrogen and oxygen atoms in total. The smallest absolute Gasteiger partial charge is 0.387 e. The Morgan fingerprint density at radius 2 is 1.76 bits per heavy atom. The van der Waals surface area contributed by atoms with Crippen molar-refractivity contribution in [3.8, 4) is 5.75 Å². The molecule has 0 amide bonds. The summed E-state index contributed by atoms with van der Waals surface area (Å²) in [5, 5.41) is 0. The van der Waals surface area contributed by atoms with Gasteiger partial charge in [-0.3, -0.25) is 0 Å². The number of hydrogen-bond acceptors (Lipinski definition) is 1. The van der Waals surface area contributed by atoms with Gasteiger partial charge in [0.15, 0.2) is 0 Å². The summed E-state index contributed by atoms with van der Waals surface area (Å²) in [6.45, 7) is -0.517. The Kier molecular flexibility index (Phi) is 6.50. The van der Waals surface area contributed by atoms with Crippen molar-refractivity contribution in [2.75, 3.05) is 0 Å². The molecule has 3 rings (SSSR count). The Morgan fingerprint density at radius 1 is 1.04 bits per heavy atom. The molecule has 2 aliphatic carbocycles. The summed E-state index contributed by atoms with van der Waals surface area (Å²) in [7, 11) is 0. The van der Waals surface area contributed by atoms with Gasteiger partial charge in [0.2, 0.25) is 0 Å². The van der Waals surface area contributed by atoms with Crippen LogP contribution in [0.1, 0.15) is 69.8 Å². The topological polar surface area (TPSA) is 9.23 Å². The van der Waals surface area contributed by atoms with Crippen molar-refractivity contribution in [2.45, 2.75) is 70.8 Å². The Bertz CT molecular complexity index is 552. The van der Waals surface area contributed by atoms with Crippen molar-refractivity contribution in [1.29, 1.82) is 0 Å². The van der Waals surface area contributed by atoms with Gasteiger partial charge >= 0.3 is 6.61 Å². The van der Waals surface area contributed by atoms with Crippen LogP contribution in [0.4, 0.5) is 8.78 Å². The zero-order chi connectivity index (χ0) is 17.6. The molecule has 138 valence electrons. The van der Waals surface area contributed by atoms with Gasteiger partial charge in [-0.15, -0.1) is 0 Å². The SMILES string of the molecule is CCC/C=C/C1CCC2CC(c3ccc(OC(F)F)cc3)CCC2C1. The van der Waals surface area contributed by atoms with Crippen LogP contribution >= 0.6 is 0 Å². The Balaban J connectivity index is 1.54. The average molecular weight is 348 g/mol. The number of ether oxygens (including phenoxy) is 1. The molecule has 4 atom stereocenters. The van der Waals surface area contributed by atoms with Gasteiger partial charge in [-0.25, -0.2) is 0 Å². The normalized spacial score (nSPS) is 29.8. The molecule has 25 heavy (non-hydrogen) atoms. The number of allylic oxidation sites excluding steroid dienone is 2. The van der Waals surface area contributed by atoms with E-state index >= 15 is 0 Å². The summed E-state index contributed by atoms with van der Waals surface area (Å²) >= 11 is 0. The third kappa shape index (κ3) is 5.05. The lowest BCUT2D eigenvalue weighted by molar-refractivity contribution is -0.0498. The molecular weight excluding hydrogens is 318 g/mol. The highest BCUT2D eigenvalue weighted by molar-refractivity contribution is 5.30. The molecule has 2 aliphatic rings. The van der Waals surface area contributed by atoms with Crippen LogP contribution in [0.5, 0.6) is 5.75 Å². The largest absolute Gasteiger partial charge is 0.435 e. The summed E-state index contributed by atoms with van der Waals surface area (Å²) in [6.07, 6.45) is 15.1. The molecule has 0 aliphatic heterocycles. The second-order valence-electron chi connectivity index (χ2n) is 7.77. The Morgan fingerprint density at radius 3 is 2.48 bits per heavy atom. The Hall–Kier alpha value is -1.38. The molecule has 0 bridgehead atoms. The summed E-state index contributed by atoms with van der Waals surface area (Å²) in [5.74, 6) is 3.34. The van der Waals surface area contributed by atoms with E-state index < -0.39 is 6.61 Å². The van der Waals surface area contributed by atoms with Gasteiger partial charge in [0.05, 0.1) is 0 Å². The summed E-state index contributed by atoms with van der Waals surface area (Å²) < 4.78 is 29.0. The van der Waals surface area contributed by atoms with Crippen LogP contribution in [0, 0.1) is 17.8 Å². The molecule has 2 saturated carbocycles. The van der Waals surface area contributed by atoms with Gasteiger partial charge in [-0.2, -0.15) is 8.78 Å². The molecule has 1 aromatic carbocycles. The summed E-state index contributed by atoms with van der Waals surface area (Å²) in [5.41, 5.74) is 1.28. The maximum atomic E-state index is 12.3. The number of rotatable bonds is 6. The van der Waals surface area contributed by atoms with Crippen LogP contribution in [0.2, 0.25) is 0 Å². The van der Waals surface area contributed by atoms with Crippen molar-refractivity contribution >= 4 is 0 Å². The highest BCUT2D eigenvalue weighted by Crippen LogP contribution is 2.47. The van der Waals surface area contributed by atoms with E-state index in [9.17, 15) is 8.78 Å². The van der Waals surface area contributed by atoms with Gasteiger partial charge in [-0.05, 0) is 86.3 Å². The number of hydrogen-bond donors (Lipinski definition) is 0. The fourth-order valence-electron chi connectivity index (χ4n) is 4.78. The fourth-order valence-corrected chi connectivity index (χ4v) is 4.78. The molecule has 2 fully saturated rings. The lowest BCUT2D eigenvalue weighted by Crippen LogP contribution is -2.30. The molecular formula is C22H30F2O. The van der Waals surface area contributed by atoms with E-state index in [4.69, 9.17) is 0 Å². The number of benzene rings is 1. The van der Waals surface area contributed by atoms with Crippen LogP contribution in [-0.4, -0.2) is 6.61 Å². The third-order valence-corrected chi connectivity index (χ3v) is 6.09.